The minimum atomic E-state index is -0.775. The zero-order valence-electron chi connectivity index (χ0n) is 11.5. The van der Waals surface area contributed by atoms with Crippen molar-refractivity contribution in [2.45, 2.75) is 37.6 Å². The van der Waals surface area contributed by atoms with Gasteiger partial charge in [0.1, 0.15) is 5.92 Å². The highest BCUT2D eigenvalue weighted by atomic mass is 16.3. The number of aliphatic hydroxyl groups is 1. The minimum absolute atomic E-state index is 0.0291. The first-order valence-corrected chi connectivity index (χ1v) is 7.14. The van der Waals surface area contributed by atoms with Gasteiger partial charge >= 0.3 is 0 Å². The fourth-order valence-corrected chi connectivity index (χ4v) is 2.74. The lowest BCUT2D eigenvalue weighted by Gasteiger charge is -2.30. The van der Waals surface area contributed by atoms with Crippen molar-refractivity contribution in [2.75, 3.05) is 13.2 Å². The Kier molecular flexibility index (Phi) is 5.14. The highest BCUT2D eigenvalue weighted by Gasteiger charge is 2.31. The average Bonchev–Trinajstić information content (AvgIpc) is 2.74. The molecular weight excluding hydrogens is 252 g/mol. The van der Waals surface area contributed by atoms with Crippen LogP contribution in [-0.4, -0.2) is 35.1 Å². The summed E-state index contributed by atoms with van der Waals surface area (Å²) < 4.78 is 0. The molecule has 4 nitrogen and oxygen atoms in total. The normalized spacial score (nSPS) is 20.8. The summed E-state index contributed by atoms with van der Waals surface area (Å²) in [6.07, 6.45) is 3.85. The van der Waals surface area contributed by atoms with Gasteiger partial charge < -0.3 is 10.0 Å². The summed E-state index contributed by atoms with van der Waals surface area (Å²) in [5.74, 6) is -0.956. The zero-order chi connectivity index (χ0) is 14.4. The molecule has 2 atom stereocenters. The van der Waals surface area contributed by atoms with Crippen LogP contribution >= 0.6 is 0 Å². The van der Waals surface area contributed by atoms with E-state index in [4.69, 9.17) is 0 Å². The molecule has 1 aliphatic heterocycles. The quantitative estimate of drug-likeness (QED) is 0.916. The number of hydrogen-bond acceptors (Lipinski definition) is 3. The van der Waals surface area contributed by atoms with Crippen LogP contribution in [0.3, 0.4) is 0 Å². The van der Waals surface area contributed by atoms with Gasteiger partial charge in [-0.2, -0.15) is 5.26 Å². The second-order valence-electron chi connectivity index (χ2n) is 5.19. The Morgan fingerprint density at radius 1 is 1.35 bits per heavy atom. The van der Waals surface area contributed by atoms with Gasteiger partial charge in [-0.3, -0.25) is 4.79 Å². The van der Waals surface area contributed by atoms with E-state index < -0.39 is 5.92 Å². The number of hydrogen-bond donors (Lipinski definition) is 1. The van der Waals surface area contributed by atoms with E-state index in [2.05, 4.69) is 6.07 Å². The Morgan fingerprint density at radius 3 is 2.75 bits per heavy atom. The van der Waals surface area contributed by atoms with E-state index in [0.29, 0.717) is 6.54 Å². The molecule has 2 rings (SSSR count). The van der Waals surface area contributed by atoms with Gasteiger partial charge in [0.25, 0.3) is 0 Å². The third-order valence-corrected chi connectivity index (χ3v) is 3.88. The number of aliphatic hydroxyl groups excluding tert-OH is 1. The van der Waals surface area contributed by atoms with Crippen LogP contribution in [0, 0.1) is 11.3 Å². The molecule has 0 aromatic heterocycles. The van der Waals surface area contributed by atoms with Crippen LogP contribution in [0.2, 0.25) is 0 Å². The fraction of sp³-hybridized carbons (Fsp3) is 0.500. The summed E-state index contributed by atoms with van der Waals surface area (Å²) in [6, 6.07) is 11.1. The molecule has 0 saturated carbocycles. The second-order valence-corrected chi connectivity index (χ2v) is 5.19. The number of amides is 1. The van der Waals surface area contributed by atoms with Gasteiger partial charge in [-0.15, -0.1) is 0 Å². The van der Waals surface area contributed by atoms with Crippen LogP contribution in [0.25, 0.3) is 0 Å². The number of carbonyl (C=O) groups excluding carboxylic acids is 1. The maximum atomic E-state index is 12.6. The minimum Gasteiger partial charge on any atom is -0.394 e. The topological polar surface area (TPSA) is 64.3 Å². The molecule has 1 heterocycles. The molecule has 2 unspecified atom stereocenters. The fourth-order valence-electron chi connectivity index (χ4n) is 2.74. The summed E-state index contributed by atoms with van der Waals surface area (Å²) in [4.78, 5) is 14.3. The lowest BCUT2D eigenvalue weighted by atomic mass is 9.98. The molecule has 0 spiro atoms. The van der Waals surface area contributed by atoms with Crippen LogP contribution in [0.1, 0.15) is 37.2 Å². The molecule has 1 saturated heterocycles. The Labute approximate surface area is 119 Å². The molecule has 20 heavy (non-hydrogen) atoms. The first kappa shape index (κ1) is 14.5. The number of likely N-dealkylation sites (tertiary alicyclic amines) is 1. The van der Waals surface area contributed by atoms with E-state index in [-0.39, 0.29) is 18.6 Å². The van der Waals surface area contributed by atoms with Gasteiger partial charge in [-0.25, -0.2) is 0 Å². The Bertz CT molecular complexity index is 481. The van der Waals surface area contributed by atoms with Crippen LogP contribution in [0.5, 0.6) is 0 Å². The number of rotatable bonds is 3. The summed E-state index contributed by atoms with van der Waals surface area (Å²) in [6.45, 7) is 0.605. The number of benzene rings is 1. The predicted octanol–water partition coefficient (Wildman–Crippen LogP) is 2.06. The van der Waals surface area contributed by atoms with E-state index in [1.807, 2.05) is 18.2 Å². The van der Waals surface area contributed by atoms with E-state index in [0.717, 1.165) is 31.2 Å². The van der Waals surface area contributed by atoms with E-state index in [1.165, 1.54) is 0 Å². The van der Waals surface area contributed by atoms with Crippen LogP contribution in [0.4, 0.5) is 0 Å². The summed E-state index contributed by atoms with van der Waals surface area (Å²) in [5.41, 5.74) is 0.723. The lowest BCUT2D eigenvalue weighted by molar-refractivity contribution is -0.134. The van der Waals surface area contributed by atoms with Gasteiger partial charge in [0.15, 0.2) is 0 Å². The third-order valence-electron chi connectivity index (χ3n) is 3.88. The first-order chi connectivity index (χ1) is 9.77. The standard InChI is InChI=1S/C16H20N2O2/c17-11-15(13-7-3-1-4-8-13)16(20)18-10-6-2-5-9-14(18)12-19/h1,3-4,7-8,14-15,19H,2,5-6,9-10,12H2. The molecule has 106 valence electrons. The zero-order valence-corrected chi connectivity index (χ0v) is 11.5. The Hall–Kier alpha value is -1.86. The van der Waals surface area contributed by atoms with Crippen molar-refractivity contribution in [3.63, 3.8) is 0 Å². The number of nitrogens with zero attached hydrogens (tertiary/aromatic N) is 2. The monoisotopic (exact) mass is 272 g/mol. The Morgan fingerprint density at radius 2 is 2.10 bits per heavy atom. The first-order valence-electron chi connectivity index (χ1n) is 7.14. The number of nitriles is 1. The number of carbonyl (C=O) groups is 1. The SMILES string of the molecule is N#CC(C(=O)N1CCCCCC1CO)c1ccccc1. The van der Waals surface area contributed by atoms with E-state index >= 15 is 0 Å². The third kappa shape index (κ3) is 3.17. The molecule has 1 N–H and O–H groups in total. The van der Waals surface area contributed by atoms with Crippen molar-refractivity contribution in [2.24, 2.45) is 0 Å². The maximum Gasteiger partial charge on any atom is 0.244 e. The second kappa shape index (κ2) is 7.06. The van der Waals surface area contributed by atoms with Gasteiger partial charge in [0.2, 0.25) is 5.91 Å². The van der Waals surface area contributed by atoms with Crippen LogP contribution in [0.15, 0.2) is 30.3 Å². The molecule has 1 amide bonds. The molecule has 1 aliphatic rings. The van der Waals surface area contributed by atoms with Crippen molar-refractivity contribution < 1.29 is 9.90 Å². The summed E-state index contributed by atoms with van der Waals surface area (Å²) in [5, 5.41) is 18.8. The maximum absolute atomic E-state index is 12.6. The molecule has 0 bridgehead atoms. The van der Waals surface area contributed by atoms with Crippen molar-refractivity contribution >= 4 is 5.91 Å². The Balaban J connectivity index is 2.21. The summed E-state index contributed by atoms with van der Waals surface area (Å²) in [7, 11) is 0. The molecule has 1 fully saturated rings. The van der Waals surface area contributed by atoms with Crippen LogP contribution in [-0.2, 0) is 4.79 Å². The smallest absolute Gasteiger partial charge is 0.244 e. The largest absolute Gasteiger partial charge is 0.394 e. The molecule has 0 radical (unpaired) electrons. The lowest BCUT2D eigenvalue weighted by Crippen LogP contribution is -2.44. The van der Waals surface area contributed by atoms with Gasteiger partial charge in [-0.05, 0) is 18.4 Å². The molecule has 0 aliphatic carbocycles. The molecular formula is C16H20N2O2. The highest BCUT2D eigenvalue weighted by Crippen LogP contribution is 2.23. The average molecular weight is 272 g/mol. The predicted molar refractivity (Wildman–Crippen MR) is 75.9 cm³/mol. The van der Waals surface area contributed by atoms with E-state index in [9.17, 15) is 15.2 Å². The van der Waals surface area contributed by atoms with Crippen molar-refractivity contribution in [1.29, 1.82) is 5.26 Å². The highest BCUT2D eigenvalue weighted by molar-refractivity contribution is 5.86. The van der Waals surface area contributed by atoms with Crippen molar-refractivity contribution in [3.05, 3.63) is 35.9 Å². The van der Waals surface area contributed by atoms with E-state index in [1.54, 1.807) is 17.0 Å². The molecule has 1 aromatic carbocycles. The van der Waals surface area contributed by atoms with Gasteiger partial charge in [0, 0.05) is 6.54 Å². The summed E-state index contributed by atoms with van der Waals surface area (Å²) >= 11 is 0. The van der Waals surface area contributed by atoms with Crippen molar-refractivity contribution in [1.82, 2.24) is 4.90 Å². The molecule has 1 aromatic rings. The van der Waals surface area contributed by atoms with Gasteiger partial charge in [0.05, 0.1) is 18.7 Å². The van der Waals surface area contributed by atoms with Gasteiger partial charge in [-0.1, -0.05) is 43.2 Å². The van der Waals surface area contributed by atoms with Crippen LogP contribution < -0.4 is 0 Å². The van der Waals surface area contributed by atoms with Crippen molar-refractivity contribution in [3.8, 4) is 6.07 Å². The molecule has 4 heteroatoms.